The van der Waals surface area contributed by atoms with Crippen LogP contribution in [0.2, 0.25) is 0 Å². The second kappa shape index (κ2) is 7.02. The quantitative estimate of drug-likeness (QED) is 0.881. The molecule has 100 valence electrons. The van der Waals surface area contributed by atoms with E-state index in [2.05, 4.69) is 4.90 Å². The third kappa shape index (κ3) is 3.64. The summed E-state index contributed by atoms with van der Waals surface area (Å²) in [5.74, 6) is 0.653. The van der Waals surface area contributed by atoms with Gasteiger partial charge in [0.05, 0.1) is 17.4 Å². The van der Waals surface area contributed by atoms with Gasteiger partial charge in [0.25, 0.3) is 0 Å². The van der Waals surface area contributed by atoms with E-state index in [1.54, 1.807) is 0 Å². The van der Waals surface area contributed by atoms with Gasteiger partial charge < -0.3 is 5.11 Å². The van der Waals surface area contributed by atoms with Crippen LogP contribution in [0.25, 0.3) is 0 Å². The van der Waals surface area contributed by atoms with Crippen molar-refractivity contribution < 1.29 is 9.32 Å². The third-order valence-corrected chi connectivity index (χ3v) is 4.88. The number of aliphatic hydroxyl groups is 1. The van der Waals surface area contributed by atoms with E-state index in [1.165, 1.54) is 12.8 Å². The minimum atomic E-state index is -0.925. The zero-order valence-corrected chi connectivity index (χ0v) is 11.4. The van der Waals surface area contributed by atoms with Gasteiger partial charge in [0.1, 0.15) is 0 Å². The van der Waals surface area contributed by atoms with Crippen LogP contribution in [0.15, 0.2) is 35.2 Å². The van der Waals surface area contributed by atoms with Gasteiger partial charge in [-0.25, -0.2) is 0 Å². The van der Waals surface area contributed by atoms with Crippen molar-refractivity contribution in [2.75, 3.05) is 25.4 Å². The fourth-order valence-electron chi connectivity index (χ4n) is 2.45. The first-order valence-electron chi connectivity index (χ1n) is 6.59. The predicted octanol–water partition coefficient (Wildman–Crippen LogP) is 1.64. The number of likely N-dealkylation sites (tertiary alicyclic amines) is 1. The maximum Gasteiger partial charge on any atom is 0.0586 e. The average Bonchev–Trinajstić information content (AvgIpc) is 2.46. The lowest BCUT2D eigenvalue weighted by atomic mass is 10.0. The Morgan fingerprint density at radius 2 is 2.06 bits per heavy atom. The Balaban J connectivity index is 1.85. The molecule has 1 aromatic rings. The molecule has 0 saturated carbocycles. The van der Waals surface area contributed by atoms with Gasteiger partial charge in [0.2, 0.25) is 0 Å². The molecule has 0 spiro atoms. The van der Waals surface area contributed by atoms with Gasteiger partial charge in [-0.15, -0.1) is 0 Å². The zero-order chi connectivity index (χ0) is 12.8. The highest BCUT2D eigenvalue weighted by Crippen LogP contribution is 2.16. The lowest BCUT2D eigenvalue weighted by Crippen LogP contribution is -2.43. The molecule has 0 radical (unpaired) electrons. The highest BCUT2D eigenvalue weighted by molar-refractivity contribution is 7.85. The Morgan fingerprint density at radius 1 is 1.28 bits per heavy atom. The Morgan fingerprint density at radius 3 is 2.78 bits per heavy atom. The van der Waals surface area contributed by atoms with Crippen molar-refractivity contribution in [3.8, 4) is 0 Å². The zero-order valence-electron chi connectivity index (χ0n) is 10.6. The molecule has 1 fully saturated rings. The lowest BCUT2D eigenvalue weighted by Gasteiger charge is -2.34. The Bertz CT molecular complexity index is 383. The van der Waals surface area contributed by atoms with Crippen molar-refractivity contribution in [1.29, 1.82) is 0 Å². The molecule has 1 aliphatic rings. The lowest BCUT2D eigenvalue weighted by molar-refractivity contribution is 0.0960. The van der Waals surface area contributed by atoms with E-state index in [9.17, 15) is 9.32 Å². The Labute approximate surface area is 111 Å². The fraction of sp³-hybridized carbons (Fsp3) is 0.571. The summed E-state index contributed by atoms with van der Waals surface area (Å²) in [6.07, 6.45) is 3.45. The topological polar surface area (TPSA) is 40.5 Å². The monoisotopic (exact) mass is 267 g/mol. The Hall–Kier alpha value is -0.710. The van der Waals surface area contributed by atoms with Gasteiger partial charge in [-0.1, -0.05) is 24.6 Å². The van der Waals surface area contributed by atoms with E-state index in [0.717, 1.165) is 24.4 Å². The van der Waals surface area contributed by atoms with E-state index in [0.29, 0.717) is 5.75 Å². The number of rotatable bonds is 5. The van der Waals surface area contributed by atoms with Crippen molar-refractivity contribution in [2.45, 2.75) is 30.2 Å². The minimum Gasteiger partial charge on any atom is -0.395 e. The van der Waals surface area contributed by atoms with Crippen LogP contribution in [0.3, 0.4) is 0 Å². The molecule has 18 heavy (non-hydrogen) atoms. The van der Waals surface area contributed by atoms with Crippen LogP contribution in [0, 0.1) is 0 Å². The van der Waals surface area contributed by atoms with E-state index in [1.807, 2.05) is 30.3 Å². The summed E-state index contributed by atoms with van der Waals surface area (Å²) in [7, 11) is -0.925. The first-order chi connectivity index (χ1) is 8.81. The number of hydrogen-bond acceptors (Lipinski definition) is 3. The van der Waals surface area contributed by atoms with Crippen molar-refractivity contribution in [2.24, 2.45) is 0 Å². The SMILES string of the molecule is O=S(CCN1CCCCC1CO)c1ccccc1. The first-order valence-corrected chi connectivity index (χ1v) is 7.91. The van der Waals surface area contributed by atoms with Crippen molar-refractivity contribution in [3.05, 3.63) is 30.3 Å². The number of piperidine rings is 1. The summed E-state index contributed by atoms with van der Waals surface area (Å²) in [6, 6.07) is 9.88. The van der Waals surface area contributed by atoms with Gasteiger partial charge in [0.15, 0.2) is 0 Å². The molecule has 2 rings (SSSR count). The van der Waals surface area contributed by atoms with Crippen LogP contribution < -0.4 is 0 Å². The molecule has 0 bridgehead atoms. The van der Waals surface area contributed by atoms with Crippen LogP contribution >= 0.6 is 0 Å². The molecule has 3 nitrogen and oxygen atoms in total. The van der Waals surface area contributed by atoms with Gasteiger partial charge in [0, 0.05) is 23.2 Å². The molecule has 2 atom stereocenters. The summed E-state index contributed by atoms with van der Waals surface area (Å²) >= 11 is 0. The molecular formula is C14H21NO2S. The number of hydrogen-bond donors (Lipinski definition) is 1. The summed E-state index contributed by atoms with van der Waals surface area (Å²) in [5, 5.41) is 9.33. The molecule has 1 aliphatic heterocycles. The molecule has 1 heterocycles. The molecule has 0 aliphatic carbocycles. The average molecular weight is 267 g/mol. The summed E-state index contributed by atoms with van der Waals surface area (Å²) in [5.41, 5.74) is 0. The number of benzene rings is 1. The van der Waals surface area contributed by atoms with E-state index in [-0.39, 0.29) is 12.6 Å². The van der Waals surface area contributed by atoms with Gasteiger partial charge in [-0.2, -0.15) is 0 Å². The molecule has 1 saturated heterocycles. The normalized spacial score (nSPS) is 22.8. The molecule has 0 aromatic heterocycles. The van der Waals surface area contributed by atoms with Crippen LogP contribution in [-0.2, 0) is 10.8 Å². The van der Waals surface area contributed by atoms with Crippen LogP contribution in [-0.4, -0.2) is 45.7 Å². The second-order valence-corrected chi connectivity index (χ2v) is 6.30. The smallest absolute Gasteiger partial charge is 0.0586 e. The standard InChI is InChI=1S/C14H21NO2S/c16-12-13-6-4-5-9-15(13)10-11-18(17)14-7-2-1-3-8-14/h1-3,7-8,13,16H,4-6,9-12H2. The highest BCUT2D eigenvalue weighted by atomic mass is 32.2. The molecule has 0 amide bonds. The van der Waals surface area contributed by atoms with E-state index >= 15 is 0 Å². The maximum atomic E-state index is 12.1. The first kappa shape index (κ1) is 13.7. The van der Waals surface area contributed by atoms with Crippen LogP contribution in [0.1, 0.15) is 19.3 Å². The minimum absolute atomic E-state index is 0.220. The van der Waals surface area contributed by atoms with Gasteiger partial charge in [-0.05, 0) is 31.5 Å². The number of nitrogens with zero attached hydrogens (tertiary/aromatic N) is 1. The molecule has 2 unspecified atom stereocenters. The Kier molecular flexibility index (Phi) is 5.35. The highest BCUT2D eigenvalue weighted by Gasteiger charge is 2.21. The van der Waals surface area contributed by atoms with Gasteiger partial charge >= 0.3 is 0 Å². The molecule has 1 N–H and O–H groups in total. The van der Waals surface area contributed by atoms with Crippen molar-refractivity contribution >= 4 is 10.8 Å². The fourth-order valence-corrected chi connectivity index (χ4v) is 3.55. The molecule has 1 aromatic carbocycles. The molecular weight excluding hydrogens is 246 g/mol. The van der Waals surface area contributed by atoms with E-state index < -0.39 is 10.8 Å². The van der Waals surface area contributed by atoms with Crippen molar-refractivity contribution in [1.82, 2.24) is 4.90 Å². The number of aliphatic hydroxyl groups excluding tert-OH is 1. The largest absolute Gasteiger partial charge is 0.395 e. The third-order valence-electron chi connectivity index (χ3n) is 3.53. The maximum absolute atomic E-state index is 12.1. The molecule has 4 heteroatoms. The summed E-state index contributed by atoms with van der Waals surface area (Å²) in [4.78, 5) is 3.18. The van der Waals surface area contributed by atoms with E-state index in [4.69, 9.17) is 0 Å². The van der Waals surface area contributed by atoms with Crippen LogP contribution in [0.5, 0.6) is 0 Å². The summed E-state index contributed by atoms with van der Waals surface area (Å²) in [6.45, 7) is 2.06. The predicted molar refractivity (Wildman–Crippen MR) is 74.0 cm³/mol. The van der Waals surface area contributed by atoms with Gasteiger partial charge in [-0.3, -0.25) is 9.11 Å². The second-order valence-electron chi connectivity index (χ2n) is 4.73. The van der Waals surface area contributed by atoms with Crippen LogP contribution in [0.4, 0.5) is 0 Å². The van der Waals surface area contributed by atoms with Crippen molar-refractivity contribution in [3.63, 3.8) is 0 Å². The summed E-state index contributed by atoms with van der Waals surface area (Å²) < 4.78 is 12.1.